The normalized spacial score (nSPS) is 26.6. The second-order valence-electron chi connectivity index (χ2n) is 6.53. The summed E-state index contributed by atoms with van der Waals surface area (Å²) >= 11 is 0. The Labute approximate surface area is 118 Å². The molecule has 0 amide bonds. The highest BCUT2D eigenvalue weighted by Gasteiger charge is 2.38. The van der Waals surface area contributed by atoms with Crippen molar-refractivity contribution in [1.29, 1.82) is 0 Å². The van der Waals surface area contributed by atoms with Gasteiger partial charge in [-0.3, -0.25) is 0 Å². The molecule has 1 unspecified atom stereocenters. The number of fused-ring (bicyclic) bond motifs is 1. The summed E-state index contributed by atoms with van der Waals surface area (Å²) in [5, 5.41) is 13.4. The van der Waals surface area contributed by atoms with E-state index in [-0.39, 0.29) is 0 Å². The molecule has 1 saturated heterocycles. The van der Waals surface area contributed by atoms with Crippen LogP contribution in [0.5, 0.6) is 0 Å². The minimum atomic E-state index is 0.588. The smallest absolute Gasteiger partial charge is 0.178 e. The largest absolute Gasteiger partial charge is 0.352 e. The molecule has 20 heavy (non-hydrogen) atoms. The second-order valence-corrected chi connectivity index (χ2v) is 6.53. The fraction of sp³-hybridized carbons (Fsp3) is 0.667. The van der Waals surface area contributed by atoms with Crippen LogP contribution in [-0.2, 0) is 0 Å². The molecular weight excluding hydrogens is 250 g/mol. The molecule has 1 atom stereocenters. The Balaban J connectivity index is 1.56. The van der Waals surface area contributed by atoms with E-state index in [1.54, 1.807) is 0 Å². The molecule has 0 spiro atoms. The highest BCUT2D eigenvalue weighted by Crippen LogP contribution is 2.42. The molecule has 5 nitrogen and oxygen atoms in total. The lowest BCUT2D eigenvalue weighted by molar-refractivity contribution is 0.584. The minimum Gasteiger partial charge on any atom is -0.352 e. The highest BCUT2D eigenvalue weighted by molar-refractivity contribution is 5.48. The molecule has 0 radical (unpaired) electrons. The average Bonchev–Trinajstić information content (AvgIpc) is 3.41. The fourth-order valence-corrected chi connectivity index (χ4v) is 3.59. The van der Waals surface area contributed by atoms with Crippen LogP contribution < -0.4 is 4.90 Å². The van der Waals surface area contributed by atoms with E-state index in [1.165, 1.54) is 38.5 Å². The fourth-order valence-electron chi connectivity index (χ4n) is 3.59. The molecule has 2 aliphatic carbocycles. The number of rotatable bonds is 3. The van der Waals surface area contributed by atoms with Crippen LogP contribution >= 0.6 is 0 Å². The molecule has 0 bridgehead atoms. The Kier molecular flexibility index (Phi) is 2.17. The van der Waals surface area contributed by atoms with Crippen LogP contribution in [0.1, 0.15) is 50.3 Å². The summed E-state index contributed by atoms with van der Waals surface area (Å²) in [6.45, 7) is 1.15. The predicted molar refractivity (Wildman–Crippen MR) is 75.8 cm³/mol. The first-order valence-corrected chi connectivity index (χ1v) is 7.89. The van der Waals surface area contributed by atoms with Gasteiger partial charge in [-0.2, -0.15) is 4.52 Å². The third-order valence-electron chi connectivity index (χ3n) is 4.98. The van der Waals surface area contributed by atoms with Crippen molar-refractivity contribution in [3.05, 3.63) is 18.0 Å². The number of nitrogens with zero attached hydrogens (tertiary/aromatic N) is 5. The van der Waals surface area contributed by atoms with Crippen molar-refractivity contribution in [3.63, 3.8) is 0 Å². The second kappa shape index (κ2) is 3.93. The van der Waals surface area contributed by atoms with Gasteiger partial charge in [0.2, 0.25) is 0 Å². The van der Waals surface area contributed by atoms with E-state index >= 15 is 0 Å². The van der Waals surface area contributed by atoms with Gasteiger partial charge >= 0.3 is 0 Å². The first-order chi connectivity index (χ1) is 9.90. The van der Waals surface area contributed by atoms with Crippen molar-refractivity contribution in [2.24, 2.45) is 5.92 Å². The predicted octanol–water partition coefficient (Wildman–Crippen LogP) is 2.38. The first kappa shape index (κ1) is 11.1. The summed E-state index contributed by atoms with van der Waals surface area (Å²) < 4.78 is 1.98. The Morgan fingerprint density at radius 1 is 1.00 bits per heavy atom. The maximum atomic E-state index is 4.86. The zero-order valence-corrected chi connectivity index (χ0v) is 11.6. The van der Waals surface area contributed by atoms with Gasteiger partial charge in [0.05, 0.1) is 0 Å². The zero-order chi connectivity index (χ0) is 13.1. The molecule has 3 heterocycles. The van der Waals surface area contributed by atoms with Gasteiger partial charge in [0.25, 0.3) is 0 Å². The number of hydrogen-bond acceptors (Lipinski definition) is 4. The first-order valence-electron chi connectivity index (χ1n) is 7.89. The molecule has 0 N–H and O–H groups in total. The summed E-state index contributed by atoms with van der Waals surface area (Å²) in [5.41, 5.74) is 0.887. The zero-order valence-electron chi connectivity index (χ0n) is 11.6. The van der Waals surface area contributed by atoms with Crippen LogP contribution in [-0.4, -0.2) is 32.4 Å². The molecule has 3 aliphatic rings. The van der Waals surface area contributed by atoms with Crippen LogP contribution in [0.15, 0.2) is 12.1 Å². The van der Waals surface area contributed by atoms with Gasteiger partial charge in [-0.1, -0.05) is 0 Å². The quantitative estimate of drug-likeness (QED) is 0.858. The monoisotopic (exact) mass is 269 g/mol. The average molecular weight is 269 g/mol. The van der Waals surface area contributed by atoms with Crippen molar-refractivity contribution in [2.75, 3.05) is 11.4 Å². The summed E-state index contributed by atoms with van der Waals surface area (Å²) in [4.78, 5) is 2.52. The van der Waals surface area contributed by atoms with Crippen molar-refractivity contribution in [3.8, 4) is 0 Å². The maximum absolute atomic E-state index is 4.86. The van der Waals surface area contributed by atoms with E-state index in [4.69, 9.17) is 5.10 Å². The molecule has 0 aromatic carbocycles. The van der Waals surface area contributed by atoms with E-state index < -0.39 is 0 Å². The lowest BCUT2D eigenvalue weighted by Gasteiger charge is -2.25. The third kappa shape index (κ3) is 1.65. The van der Waals surface area contributed by atoms with E-state index in [0.717, 1.165) is 35.8 Å². The van der Waals surface area contributed by atoms with Crippen LogP contribution in [0.4, 0.5) is 5.82 Å². The summed E-state index contributed by atoms with van der Waals surface area (Å²) in [6.07, 6.45) is 7.93. The molecule has 5 rings (SSSR count). The molecule has 104 valence electrons. The number of anilines is 1. The maximum Gasteiger partial charge on any atom is 0.178 e. The lowest BCUT2D eigenvalue weighted by Crippen LogP contribution is -2.32. The van der Waals surface area contributed by atoms with Gasteiger partial charge in [0.1, 0.15) is 5.82 Å². The van der Waals surface area contributed by atoms with E-state index in [0.29, 0.717) is 5.92 Å². The molecule has 2 saturated carbocycles. The standard InChI is InChI=1S/C15H19N5/c1-2-12(10-3-4-10)19(9-1)14-8-7-13-16-17-15(11-5-6-11)20(13)18-14/h7-8,10-12H,1-6,9H2. The Bertz CT molecular complexity index is 655. The van der Waals surface area contributed by atoms with Gasteiger partial charge in [-0.25, -0.2) is 0 Å². The third-order valence-corrected chi connectivity index (χ3v) is 4.98. The lowest BCUT2D eigenvalue weighted by atomic mass is 10.1. The molecule has 3 fully saturated rings. The van der Waals surface area contributed by atoms with Gasteiger partial charge in [0.15, 0.2) is 11.5 Å². The van der Waals surface area contributed by atoms with E-state index in [9.17, 15) is 0 Å². The molecule has 5 heteroatoms. The summed E-state index contributed by atoms with van der Waals surface area (Å²) in [6, 6.07) is 4.92. The van der Waals surface area contributed by atoms with E-state index in [2.05, 4.69) is 27.2 Å². The SMILES string of the molecule is c1cc2nnc(C3CC3)n2nc1N1CCCC1C1CC1. The van der Waals surface area contributed by atoms with Gasteiger partial charge in [-0.15, -0.1) is 15.3 Å². The summed E-state index contributed by atoms with van der Waals surface area (Å²) in [5.74, 6) is 3.68. The van der Waals surface area contributed by atoms with Gasteiger partial charge in [0, 0.05) is 18.5 Å². The molecule has 1 aliphatic heterocycles. The van der Waals surface area contributed by atoms with Gasteiger partial charge in [-0.05, 0) is 56.6 Å². The van der Waals surface area contributed by atoms with E-state index in [1.807, 2.05) is 4.52 Å². The molecule has 2 aromatic rings. The van der Waals surface area contributed by atoms with Crippen molar-refractivity contribution < 1.29 is 0 Å². The van der Waals surface area contributed by atoms with Crippen LogP contribution in [0.2, 0.25) is 0 Å². The summed E-state index contributed by atoms with van der Waals surface area (Å²) in [7, 11) is 0. The highest BCUT2D eigenvalue weighted by atomic mass is 15.4. The van der Waals surface area contributed by atoms with Gasteiger partial charge < -0.3 is 4.90 Å². The minimum absolute atomic E-state index is 0.588. The topological polar surface area (TPSA) is 46.3 Å². The number of aromatic nitrogens is 4. The Hall–Kier alpha value is -1.65. The Morgan fingerprint density at radius 2 is 1.90 bits per heavy atom. The van der Waals surface area contributed by atoms with Crippen molar-refractivity contribution in [1.82, 2.24) is 19.8 Å². The van der Waals surface area contributed by atoms with Crippen molar-refractivity contribution in [2.45, 2.75) is 50.5 Å². The Morgan fingerprint density at radius 3 is 2.70 bits per heavy atom. The molecular formula is C15H19N5. The molecule has 2 aromatic heterocycles. The number of hydrogen-bond donors (Lipinski definition) is 0. The van der Waals surface area contributed by atoms with Crippen molar-refractivity contribution >= 4 is 11.5 Å². The van der Waals surface area contributed by atoms with Crippen LogP contribution in [0, 0.1) is 5.92 Å². The van der Waals surface area contributed by atoms with Crippen LogP contribution in [0.25, 0.3) is 5.65 Å². The van der Waals surface area contributed by atoms with Crippen LogP contribution in [0.3, 0.4) is 0 Å².